The molecule has 8 nitrogen and oxygen atoms in total. The standard InChI is InChI=1S/C20H24N8.ClH/c1-27-11-15(10-24-27)25-19-23-7-4-18(26-19)14-8-16-2-3-17(9-14)28(16)20(5-6-21)12-22-13-20;/h4,7-8,10-11,16-17,22H,2-3,5,9,12-13H2,1H3,(H,23,25,26);1H. The predicted octanol–water partition coefficient (Wildman–Crippen LogP) is 2.25. The maximum atomic E-state index is 9.32. The van der Waals surface area contributed by atoms with Crippen molar-refractivity contribution in [3.05, 3.63) is 36.4 Å². The molecule has 0 aliphatic carbocycles. The number of halogens is 1. The number of aromatic nitrogens is 4. The first kappa shape index (κ1) is 19.8. The Morgan fingerprint density at radius 3 is 2.90 bits per heavy atom. The Kier molecular flexibility index (Phi) is 5.30. The number of hydrogen-bond donors (Lipinski definition) is 2. The molecule has 5 heterocycles. The highest BCUT2D eigenvalue weighted by Crippen LogP contribution is 2.44. The monoisotopic (exact) mass is 412 g/mol. The van der Waals surface area contributed by atoms with Gasteiger partial charge in [0.05, 0.1) is 35.6 Å². The molecular formula is C20H25ClN8. The van der Waals surface area contributed by atoms with Gasteiger partial charge in [-0.2, -0.15) is 10.4 Å². The first-order valence-corrected chi connectivity index (χ1v) is 9.83. The van der Waals surface area contributed by atoms with Crippen molar-refractivity contribution in [2.45, 2.75) is 43.3 Å². The van der Waals surface area contributed by atoms with Crippen molar-refractivity contribution in [1.29, 1.82) is 5.26 Å². The molecule has 29 heavy (non-hydrogen) atoms. The third kappa shape index (κ3) is 3.50. The van der Waals surface area contributed by atoms with Gasteiger partial charge in [0.2, 0.25) is 5.95 Å². The van der Waals surface area contributed by atoms with Crippen LogP contribution in [-0.4, -0.2) is 55.4 Å². The van der Waals surface area contributed by atoms with E-state index in [0.717, 1.165) is 37.3 Å². The molecule has 3 aliphatic heterocycles. The third-order valence-corrected chi connectivity index (χ3v) is 6.21. The normalized spacial score (nSPS) is 24.8. The Bertz CT molecular complexity index is 957. The molecule has 2 N–H and O–H groups in total. The van der Waals surface area contributed by atoms with Crippen LogP contribution in [0.3, 0.4) is 0 Å². The van der Waals surface area contributed by atoms with Gasteiger partial charge in [-0.25, -0.2) is 9.97 Å². The van der Waals surface area contributed by atoms with E-state index in [1.165, 1.54) is 12.0 Å². The highest BCUT2D eigenvalue weighted by atomic mass is 35.5. The van der Waals surface area contributed by atoms with Crippen LogP contribution in [0.2, 0.25) is 0 Å². The number of anilines is 2. The third-order valence-electron chi connectivity index (χ3n) is 6.21. The first-order chi connectivity index (χ1) is 13.7. The van der Waals surface area contributed by atoms with Gasteiger partial charge in [-0.05, 0) is 30.9 Å². The number of fused-ring (bicyclic) bond motifs is 2. The fraction of sp³-hybridized carbons (Fsp3) is 0.500. The number of rotatable bonds is 5. The van der Waals surface area contributed by atoms with E-state index in [1.54, 1.807) is 10.9 Å². The summed E-state index contributed by atoms with van der Waals surface area (Å²) in [5, 5.41) is 20.1. The molecule has 2 atom stereocenters. The lowest BCUT2D eigenvalue weighted by molar-refractivity contribution is 0.00899. The second-order valence-electron chi connectivity index (χ2n) is 8.06. The molecule has 2 bridgehead atoms. The van der Waals surface area contributed by atoms with Crippen LogP contribution in [0.5, 0.6) is 0 Å². The Labute approximate surface area is 176 Å². The molecule has 0 amide bonds. The van der Waals surface area contributed by atoms with E-state index >= 15 is 0 Å². The summed E-state index contributed by atoms with van der Waals surface area (Å²) in [6.45, 7) is 1.84. The smallest absolute Gasteiger partial charge is 0.227 e. The lowest BCUT2D eigenvalue weighted by atomic mass is 9.83. The van der Waals surface area contributed by atoms with Gasteiger partial charge < -0.3 is 10.6 Å². The molecule has 152 valence electrons. The largest absolute Gasteiger partial charge is 0.321 e. The van der Waals surface area contributed by atoms with Gasteiger partial charge in [-0.1, -0.05) is 6.08 Å². The van der Waals surface area contributed by atoms with Gasteiger partial charge in [-0.15, -0.1) is 12.4 Å². The number of nitriles is 1. The van der Waals surface area contributed by atoms with E-state index in [-0.39, 0.29) is 17.9 Å². The minimum Gasteiger partial charge on any atom is -0.321 e. The second-order valence-corrected chi connectivity index (χ2v) is 8.06. The van der Waals surface area contributed by atoms with Crippen LogP contribution in [0.15, 0.2) is 30.7 Å². The summed E-state index contributed by atoms with van der Waals surface area (Å²) in [4.78, 5) is 11.7. The van der Waals surface area contributed by atoms with E-state index in [1.807, 2.05) is 25.5 Å². The topological polar surface area (TPSA) is 94.7 Å². The van der Waals surface area contributed by atoms with Gasteiger partial charge in [0.15, 0.2) is 0 Å². The Hall–Kier alpha value is -2.47. The fourth-order valence-corrected chi connectivity index (χ4v) is 4.93. The minimum atomic E-state index is 0. The molecule has 5 rings (SSSR count). The van der Waals surface area contributed by atoms with Crippen molar-refractivity contribution in [3.63, 3.8) is 0 Å². The molecule has 0 saturated carbocycles. The van der Waals surface area contributed by atoms with Gasteiger partial charge in [0.25, 0.3) is 0 Å². The molecule has 0 spiro atoms. The minimum absolute atomic E-state index is 0. The van der Waals surface area contributed by atoms with Crippen molar-refractivity contribution < 1.29 is 0 Å². The average Bonchev–Trinajstić information content (AvgIpc) is 3.18. The lowest BCUT2D eigenvalue weighted by Crippen LogP contribution is -2.71. The van der Waals surface area contributed by atoms with Gasteiger partial charge >= 0.3 is 0 Å². The van der Waals surface area contributed by atoms with Crippen LogP contribution in [0.4, 0.5) is 11.6 Å². The summed E-state index contributed by atoms with van der Waals surface area (Å²) in [5.74, 6) is 0.588. The second kappa shape index (κ2) is 7.75. The summed E-state index contributed by atoms with van der Waals surface area (Å²) >= 11 is 0. The van der Waals surface area contributed by atoms with Crippen LogP contribution < -0.4 is 10.6 Å². The molecule has 2 aromatic rings. The van der Waals surface area contributed by atoms with E-state index in [4.69, 9.17) is 4.98 Å². The maximum Gasteiger partial charge on any atom is 0.227 e. The maximum absolute atomic E-state index is 9.32. The van der Waals surface area contributed by atoms with Crippen molar-refractivity contribution in [2.75, 3.05) is 18.4 Å². The Balaban J connectivity index is 0.00000205. The number of nitrogens with zero attached hydrogens (tertiary/aromatic N) is 6. The van der Waals surface area contributed by atoms with Crippen LogP contribution in [-0.2, 0) is 7.05 Å². The highest BCUT2D eigenvalue weighted by molar-refractivity contribution is 5.85. The van der Waals surface area contributed by atoms with Crippen LogP contribution in [0.25, 0.3) is 5.57 Å². The summed E-state index contributed by atoms with van der Waals surface area (Å²) < 4.78 is 1.74. The van der Waals surface area contributed by atoms with E-state index in [9.17, 15) is 5.26 Å². The summed E-state index contributed by atoms with van der Waals surface area (Å²) in [6.07, 6.45) is 11.8. The lowest BCUT2D eigenvalue weighted by Gasteiger charge is -2.53. The SMILES string of the molecule is Cl.Cn1cc(Nc2nccc(C3=CC4CCC(C3)N4C3(CC#N)CNC3)n2)cn1. The molecule has 3 aliphatic rings. The number of aryl methyl sites for hydroxylation is 1. The van der Waals surface area contributed by atoms with Crippen molar-refractivity contribution >= 4 is 29.6 Å². The van der Waals surface area contributed by atoms with Gasteiger partial charge in [-0.3, -0.25) is 9.58 Å². The molecule has 2 fully saturated rings. The first-order valence-electron chi connectivity index (χ1n) is 9.83. The summed E-state index contributed by atoms with van der Waals surface area (Å²) in [6, 6.07) is 5.29. The number of hydrogen-bond acceptors (Lipinski definition) is 7. The molecular weight excluding hydrogens is 388 g/mol. The number of nitrogens with one attached hydrogen (secondary N) is 2. The molecule has 9 heteroatoms. The molecule has 2 saturated heterocycles. The zero-order valence-corrected chi connectivity index (χ0v) is 17.2. The van der Waals surface area contributed by atoms with Gasteiger partial charge in [0.1, 0.15) is 0 Å². The van der Waals surface area contributed by atoms with Crippen molar-refractivity contribution in [3.8, 4) is 6.07 Å². The molecule has 2 aromatic heterocycles. The molecule has 0 aromatic carbocycles. The van der Waals surface area contributed by atoms with Crippen LogP contribution in [0.1, 0.15) is 31.4 Å². The highest BCUT2D eigenvalue weighted by Gasteiger charge is 2.51. The van der Waals surface area contributed by atoms with E-state index in [2.05, 4.69) is 37.8 Å². The van der Waals surface area contributed by atoms with Gasteiger partial charge in [0, 0.05) is 44.6 Å². The van der Waals surface area contributed by atoms with Crippen LogP contribution >= 0.6 is 12.4 Å². The van der Waals surface area contributed by atoms with E-state index in [0.29, 0.717) is 24.5 Å². The van der Waals surface area contributed by atoms with Crippen LogP contribution in [0, 0.1) is 11.3 Å². The Morgan fingerprint density at radius 2 is 2.24 bits per heavy atom. The predicted molar refractivity (Wildman–Crippen MR) is 113 cm³/mol. The quantitative estimate of drug-likeness (QED) is 0.777. The molecule has 2 unspecified atom stereocenters. The average molecular weight is 413 g/mol. The zero-order valence-electron chi connectivity index (χ0n) is 16.4. The van der Waals surface area contributed by atoms with Crippen molar-refractivity contribution in [1.82, 2.24) is 30.0 Å². The zero-order chi connectivity index (χ0) is 19.1. The summed E-state index contributed by atoms with van der Waals surface area (Å²) in [7, 11) is 1.88. The fourth-order valence-electron chi connectivity index (χ4n) is 4.93. The molecule has 0 radical (unpaired) electrons. The Morgan fingerprint density at radius 1 is 1.38 bits per heavy atom. The summed E-state index contributed by atoms with van der Waals surface area (Å²) in [5.41, 5.74) is 3.17. The van der Waals surface area contributed by atoms with E-state index < -0.39 is 0 Å². The van der Waals surface area contributed by atoms with Crippen molar-refractivity contribution in [2.24, 2.45) is 7.05 Å².